The maximum absolute atomic E-state index is 14.3. The molecule has 1 heterocycles. The zero-order chi connectivity index (χ0) is 30.5. The number of anilines is 1. The monoisotopic (exact) mass is 615 g/mol. The lowest BCUT2D eigenvalue weighted by atomic mass is 9.78. The van der Waals surface area contributed by atoms with Gasteiger partial charge in [0.1, 0.15) is 5.75 Å². The fraction of sp³-hybridized carbons (Fsp3) is 0.568. The van der Waals surface area contributed by atoms with E-state index in [1.54, 1.807) is 7.11 Å². The second-order valence-corrected chi connectivity index (χ2v) is 14.3. The molecule has 3 aromatic rings. The van der Waals surface area contributed by atoms with Crippen molar-refractivity contribution in [1.29, 1.82) is 0 Å². The predicted octanol–water partition coefficient (Wildman–Crippen LogP) is 8.11. The lowest BCUT2D eigenvalue weighted by Crippen LogP contribution is -2.42. The Kier molecular flexibility index (Phi) is 10.3. The highest BCUT2D eigenvalue weighted by Crippen LogP contribution is 2.44. The van der Waals surface area contributed by atoms with E-state index in [0.717, 1.165) is 69.7 Å². The van der Waals surface area contributed by atoms with Crippen molar-refractivity contribution in [1.82, 2.24) is 10.3 Å². The van der Waals surface area contributed by atoms with Gasteiger partial charge in [0.2, 0.25) is 5.91 Å². The highest BCUT2D eigenvalue weighted by Gasteiger charge is 2.33. The first-order chi connectivity index (χ1) is 21.5. The van der Waals surface area contributed by atoms with E-state index in [9.17, 15) is 4.79 Å². The van der Waals surface area contributed by atoms with E-state index in [4.69, 9.17) is 14.5 Å². The fourth-order valence-corrected chi connectivity index (χ4v) is 8.29. The molecule has 0 spiro atoms. The molecule has 7 heteroatoms. The Hall–Kier alpha value is -2.74. The molecular formula is C37H49N3O3S. The summed E-state index contributed by atoms with van der Waals surface area (Å²) < 4.78 is 11.6. The molecule has 6 rings (SSSR count). The van der Waals surface area contributed by atoms with E-state index in [-0.39, 0.29) is 12.0 Å². The molecule has 1 N–H and O–H groups in total. The minimum absolute atomic E-state index is 0.0614. The van der Waals surface area contributed by atoms with Gasteiger partial charge in [0.05, 0.1) is 29.7 Å². The van der Waals surface area contributed by atoms with Crippen LogP contribution in [0, 0.1) is 18.8 Å². The molecule has 0 unspecified atom stereocenters. The van der Waals surface area contributed by atoms with Crippen LogP contribution in [0.1, 0.15) is 92.2 Å². The van der Waals surface area contributed by atoms with Crippen molar-refractivity contribution in [2.75, 3.05) is 38.8 Å². The number of carbonyl (C=O) groups is 1. The highest BCUT2D eigenvalue weighted by atomic mass is 32.1. The van der Waals surface area contributed by atoms with Crippen molar-refractivity contribution in [3.05, 3.63) is 64.8 Å². The first-order valence-electron chi connectivity index (χ1n) is 16.8. The molecule has 44 heavy (non-hydrogen) atoms. The zero-order valence-corrected chi connectivity index (χ0v) is 27.5. The van der Waals surface area contributed by atoms with Crippen molar-refractivity contribution in [2.45, 2.75) is 89.1 Å². The first kappa shape index (κ1) is 31.3. The van der Waals surface area contributed by atoms with Gasteiger partial charge in [-0.3, -0.25) is 4.79 Å². The van der Waals surface area contributed by atoms with Gasteiger partial charge in [-0.15, -0.1) is 11.3 Å². The number of likely N-dealkylation sites (N-methyl/N-ethyl adjacent to an activating group) is 1. The van der Waals surface area contributed by atoms with Crippen LogP contribution in [0.15, 0.2) is 48.7 Å². The molecule has 1 amide bonds. The summed E-state index contributed by atoms with van der Waals surface area (Å²) in [6.07, 6.45) is 13.2. The number of thiazole rings is 1. The van der Waals surface area contributed by atoms with Gasteiger partial charge in [0, 0.05) is 36.8 Å². The summed E-state index contributed by atoms with van der Waals surface area (Å²) >= 11 is 1.82. The lowest BCUT2D eigenvalue weighted by molar-refractivity contribution is -0.124. The number of hydrogen-bond donors (Lipinski definition) is 1. The molecular weight excluding hydrogens is 566 g/mol. The SMILES string of the molecule is CNCCOC1CCC(C(=O)N(CC2CCC(c3ccc(OC)c(C)c3)CC2)c2cccc(-c3cnc(C4CC4)s3)c2)CC1. The van der Waals surface area contributed by atoms with Crippen LogP contribution in [0.25, 0.3) is 10.4 Å². The number of benzene rings is 2. The molecule has 1 aromatic heterocycles. The Bertz CT molecular complexity index is 1390. The third kappa shape index (κ3) is 7.55. The van der Waals surface area contributed by atoms with Crippen molar-refractivity contribution in [2.24, 2.45) is 11.8 Å². The Balaban J connectivity index is 1.16. The number of methoxy groups -OCH3 is 1. The standard InChI is InChI=1S/C37H49N3O3S/c1-25-21-30(15-18-34(25)42-3)27-9-7-26(8-10-27)24-40(37(41)29-13-16-33(17-14-29)43-20-19-38-2)32-6-4-5-31(22-32)35-23-39-36(44-35)28-11-12-28/h4-6,15,18,21-23,26-29,33,38H,7-14,16-17,19-20,24H2,1-3H3. The average Bonchev–Trinajstić information content (AvgIpc) is 3.80. The van der Waals surface area contributed by atoms with Crippen molar-refractivity contribution in [3.63, 3.8) is 0 Å². The summed E-state index contributed by atoms with van der Waals surface area (Å²) in [6.45, 7) is 4.53. The van der Waals surface area contributed by atoms with Crippen LogP contribution < -0.4 is 15.0 Å². The van der Waals surface area contributed by atoms with Crippen molar-refractivity contribution < 1.29 is 14.3 Å². The lowest BCUT2D eigenvalue weighted by Gasteiger charge is -2.36. The molecule has 6 nitrogen and oxygen atoms in total. The first-order valence-corrected chi connectivity index (χ1v) is 17.6. The Morgan fingerprint density at radius 2 is 1.75 bits per heavy atom. The molecule has 3 aliphatic carbocycles. The zero-order valence-electron chi connectivity index (χ0n) is 26.7. The van der Waals surface area contributed by atoms with E-state index < -0.39 is 0 Å². The number of ether oxygens (including phenoxy) is 2. The molecule has 0 bridgehead atoms. The van der Waals surface area contributed by atoms with Crippen LogP contribution in [-0.2, 0) is 9.53 Å². The third-order valence-electron chi connectivity index (χ3n) is 10.1. The molecule has 236 valence electrons. The summed E-state index contributed by atoms with van der Waals surface area (Å²) in [6, 6.07) is 15.3. The van der Waals surface area contributed by atoms with Gasteiger partial charge >= 0.3 is 0 Å². The smallest absolute Gasteiger partial charge is 0.230 e. The second-order valence-electron chi connectivity index (χ2n) is 13.2. The van der Waals surface area contributed by atoms with Crippen LogP contribution in [0.4, 0.5) is 5.69 Å². The fourth-order valence-electron chi connectivity index (χ4n) is 7.21. The molecule has 3 aliphatic rings. The summed E-state index contributed by atoms with van der Waals surface area (Å²) in [5.41, 5.74) is 4.83. The number of amides is 1. The van der Waals surface area contributed by atoms with Crippen molar-refractivity contribution in [3.8, 4) is 16.2 Å². The van der Waals surface area contributed by atoms with Gasteiger partial charge in [-0.2, -0.15) is 0 Å². The number of rotatable bonds is 12. The Morgan fingerprint density at radius 1 is 0.977 bits per heavy atom. The maximum Gasteiger partial charge on any atom is 0.230 e. The number of aromatic nitrogens is 1. The van der Waals surface area contributed by atoms with Crippen LogP contribution in [-0.4, -0.2) is 50.8 Å². The minimum Gasteiger partial charge on any atom is -0.496 e. The largest absolute Gasteiger partial charge is 0.496 e. The number of carbonyl (C=O) groups excluding carboxylic acids is 1. The summed E-state index contributed by atoms with van der Waals surface area (Å²) in [5.74, 6) is 3.06. The van der Waals surface area contributed by atoms with E-state index in [1.165, 1.54) is 52.3 Å². The average molecular weight is 616 g/mol. The molecule has 3 fully saturated rings. The van der Waals surface area contributed by atoms with Gasteiger partial charge in [0.25, 0.3) is 0 Å². The van der Waals surface area contributed by atoms with E-state index in [2.05, 4.69) is 59.6 Å². The van der Waals surface area contributed by atoms with Gasteiger partial charge in [-0.25, -0.2) is 4.98 Å². The number of hydrogen-bond acceptors (Lipinski definition) is 6. The number of nitrogens with one attached hydrogen (secondary N) is 1. The van der Waals surface area contributed by atoms with Crippen LogP contribution in [0.3, 0.4) is 0 Å². The van der Waals surface area contributed by atoms with Gasteiger partial charge in [-0.05, 0) is 125 Å². The van der Waals surface area contributed by atoms with E-state index >= 15 is 0 Å². The van der Waals surface area contributed by atoms with Gasteiger partial charge < -0.3 is 19.7 Å². The number of aryl methyl sites for hydroxylation is 1. The Morgan fingerprint density at radius 3 is 2.45 bits per heavy atom. The van der Waals surface area contributed by atoms with Crippen LogP contribution >= 0.6 is 11.3 Å². The second kappa shape index (κ2) is 14.6. The van der Waals surface area contributed by atoms with E-state index in [0.29, 0.717) is 23.7 Å². The van der Waals surface area contributed by atoms with Crippen LogP contribution in [0.5, 0.6) is 5.75 Å². The van der Waals surface area contributed by atoms with Crippen LogP contribution in [0.2, 0.25) is 0 Å². The molecule has 3 saturated carbocycles. The Labute approximate surface area is 267 Å². The summed E-state index contributed by atoms with van der Waals surface area (Å²) in [5, 5.41) is 4.42. The summed E-state index contributed by atoms with van der Waals surface area (Å²) in [7, 11) is 3.69. The predicted molar refractivity (Wildman–Crippen MR) is 180 cm³/mol. The van der Waals surface area contributed by atoms with Gasteiger partial charge in [-0.1, -0.05) is 24.3 Å². The normalized spacial score (nSPS) is 23.8. The maximum atomic E-state index is 14.3. The van der Waals surface area contributed by atoms with Gasteiger partial charge in [0.15, 0.2) is 0 Å². The minimum atomic E-state index is 0.0614. The molecule has 0 saturated heterocycles. The molecule has 2 aromatic carbocycles. The third-order valence-corrected chi connectivity index (χ3v) is 11.3. The molecule has 0 radical (unpaired) electrons. The number of nitrogens with zero attached hydrogens (tertiary/aromatic N) is 2. The summed E-state index contributed by atoms with van der Waals surface area (Å²) in [4.78, 5) is 22.4. The van der Waals surface area contributed by atoms with E-state index in [1.807, 2.05) is 24.6 Å². The topological polar surface area (TPSA) is 63.7 Å². The molecule has 0 atom stereocenters. The quantitative estimate of drug-likeness (QED) is 0.209. The molecule has 0 aliphatic heterocycles. The van der Waals surface area contributed by atoms with Crippen molar-refractivity contribution >= 4 is 22.9 Å². The highest BCUT2D eigenvalue weighted by molar-refractivity contribution is 7.15.